The zero-order valence-corrected chi connectivity index (χ0v) is 16.3. The molecule has 1 unspecified atom stereocenters. The van der Waals surface area contributed by atoms with E-state index in [9.17, 15) is 22.0 Å². The van der Waals surface area contributed by atoms with Crippen LogP contribution in [0.25, 0.3) is 0 Å². The van der Waals surface area contributed by atoms with E-state index in [1.54, 1.807) is 11.1 Å². The highest BCUT2D eigenvalue weighted by molar-refractivity contribution is 7.88. The second-order valence-electron chi connectivity index (χ2n) is 7.90. The van der Waals surface area contributed by atoms with Crippen LogP contribution in [0.15, 0.2) is 23.3 Å². The number of carbonyl (C=O) groups is 1. The summed E-state index contributed by atoms with van der Waals surface area (Å²) in [6, 6.07) is 2.43. The molecule has 2 saturated heterocycles. The van der Waals surface area contributed by atoms with Gasteiger partial charge in [-0.25, -0.2) is 31.3 Å². The highest BCUT2D eigenvalue weighted by Gasteiger charge is 2.49. The maximum atomic E-state index is 13.6. The Bertz CT molecular complexity index is 901. The van der Waals surface area contributed by atoms with Crippen LogP contribution < -0.4 is 0 Å². The summed E-state index contributed by atoms with van der Waals surface area (Å²) < 4.78 is 51.9. The first-order chi connectivity index (χ1) is 13.2. The van der Waals surface area contributed by atoms with E-state index in [4.69, 9.17) is 0 Å². The van der Waals surface area contributed by atoms with E-state index in [0.29, 0.717) is 51.0 Å². The van der Waals surface area contributed by atoms with Gasteiger partial charge in [0.1, 0.15) is 11.6 Å². The number of benzene rings is 1. The van der Waals surface area contributed by atoms with Gasteiger partial charge in [0.25, 0.3) is 0 Å². The van der Waals surface area contributed by atoms with Gasteiger partial charge in [-0.3, -0.25) is 0 Å². The maximum Gasteiger partial charge on any atom is 0.341 e. The quantitative estimate of drug-likeness (QED) is 0.747. The van der Waals surface area contributed by atoms with Crippen molar-refractivity contribution in [1.29, 1.82) is 0 Å². The van der Waals surface area contributed by atoms with Crippen LogP contribution in [0.1, 0.15) is 30.9 Å². The average molecular weight is 412 g/mol. The topological polar surface area (TPSA) is 73.3 Å². The molecule has 1 atom stereocenters. The summed E-state index contributed by atoms with van der Waals surface area (Å²) in [5, 5.41) is 5.40. The molecule has 3 aliphatic rings. The van der Waals surface area contributed by atoms with Crippen molar-refractivity contribution in [3.05, 3.63) is 35.4 Å². The van der Waals surface area contributed by atoms with Gasteiger partial charge in [-0.15, -0.1) is 0 Å². The third kappa shape index (κ3) is 3.50. The van der Waals surface area contributed by atoms with E-state index in [1.165, 1.54) is 27.7 Å². The largest absolute Gasteiger partial charge is 0.341 e. The van der Waals surface area contributed by atoms with E-state index < -0.39 is 27.7 Å². The number of piperidine rings is 1. The molecule has 0 aromatic heterocycles. The molecule has 0 radical (unpaired) electrons. The van der Waals surface area contributed by atoms with Crippen molar-refractivity contribution < 1.29 is 22.0 Å². The Balaban J connectivity index is 1.40. The summed E-state index contributed by atoms with van der Waals surface area (Å²) in [5.41, 5.74) is 0.320. The molecule has 2 amide bonds. The van der Waals surface area contributed by atoms with Gasteiger partial charge in [0.2, 0.25) is 10.0 Å². The molecule has 0 saturated carbocycles. The van der Waals surface area contributed by atoms with Crippen LogP contribution in [0.3, 0.4) is 0 Å². The van der Waals surface area contributed by atoms with Crippen molar-refractivity contribution in [2.45, 2.75) is 25.3 Å². The lowest BCUT2D eigenvalue weighted by molar-refractivity contribution is -0.0189. The monoisotopic (exact) mass is 412 g/mol. The smallest absolute Gasteiger partial charge is 0.322 e. The standard InChI is InChI=1S/C18H22F2N4O3S/c1-28(26,27)23-6-3-18(4-7-23)11-22(12-18)17(25)24-16(2-5-21-24)13-8-14(19)10-15(20)9-13/h5,8-10,16H,2-4,6-7,11-12H2,1H3. The van der Waals surface area contributed by atoms with Gasteiger partial charge in [0.15, 0.2) is 0 Å². The highest BCUT2D eigenvalue weighted by Crippen LogP contribution is 2.42. The fraction of sp³-hybridized carbons (Fsp3) is 0.556. The lowest BCUT2D eigenvalue weighted by atomic mass is 9.72. The summed E-state index contributed by atoms with van der Waals surface area (Å²) in [6.07, 6.45) is 4.61. The zero-order valence-electron chi connectivity index (χ0n) is 15.5. The number of hydrogen-bond donors (Lipinski definition) is 0. The molecular weight excluding hydrogens is 390 g/mol. The minimum absolute atomic E-state index is 0.0548. The summed E-state index contributed by atoms with van der Waals surface area (Å²) >= 11 is 0. The Morgan fingerprint density at radius 2 is 1.75 bits per heavy atom. The van der Waals surface area contributed by atoms with Crippen LogP contribution >= 0.6 is 0 Å². The van der Waals surface area contributed by atoms with E-state index in [2.05, 4.69) is 5.10 Å². The van der Waals surface area contributed by atoms with Gasteiger partial charge in [0, 0.05) is 50.3 Å². The number of rotatable bonds is 2. The third-order valence-electron chi connectivity index (χ3n) is 5.87. The number of nitrogens with zero attached hydrogens (tertiary/aromatic N) is 4. The van der Waals surface area contributed by atoms with Crippen molar-refractivity contribution in [2.24, 2.45) is 10.5 Å². The number of carbonyl (C=O) groups excluding carboxylic acids is 1. The minimum Gasteiger partial charge on any atom is -0.322 e. The van der Waals surface area contributed by atoms with Gasteiger partial charge in [-0.05, 0) is 30.5 Å². The van der Waals surface area contributed by atoms with Crippen LogP contribution in [0, 0.1) is 17.0 Å². The number of likely N-dealkylation sites (tertiary alicyclic amines) is 1. The second kappa shape index (κ2) is 6.77. The molecule has 152 valence electrons. The molecule has 0 aliphatic carbocycles. The molecule has 4 rings (SSSR count). The lowest BCUT2D eigenvalue weighted by Crippen LogP contribution is -2.63. The van der Waals surface area contributed by atoms with Crippen molar-refractivity contribution >= 4 is 22.3 Å². The van der Waals surface area contributed by atoms with E-state index in [0.717, 1.165) is 6.07 Å². The molecule has 0 N–H and O–H groups in total. The van der Waals surface area contributed by atoms with Crippen LogP contribution in [0.2, 0.25) is 0 Å². The number of hydrazone groups is 1. The number of halogens is 2. The Hall–Kier alpha value is -2.07. The van der Waals surface area contributed by atoms with Gasteiger partial charge in [-0.2, -0.15) is 5.10 Å². The van der Waals surface area contributed by atoms with Crippen molar-refractivity contribution in [1.82, 2.24) is 14.2 Å². The number of urea groups is 1. The second-order valence-corrected chi connectivity index (χ2v) is 9.88. The number of amides is 2. The van der Waals surface area contributed by atoms with Crippen molar-refractivity contribution in [2.75, 3.05) is 32.4 Å². The summed E-state index contributed by atoms with van der Waals surface area (Å²) in [7, 11) is -3.18. The molecule has 7 nitrogen and oxygen atoms in total. The maximum absolute atomic E-state index is 13.6. The van der Waals surface area contributed by atoms with Gasteiger partial charge in [0.05, 0.1) is 12.3 Å². The Labute approximate surface area is 162 Å². The van der Waals surface area contributed by atoms with Crippen molar-refractivity contribution in [3.8, 4) is 0 Å². The zero-order chi connectivity index (χ0) is 20.1. The van der Waals surface area contributed by atoms with Gasteiger partial charge < -0.3 is 4.90 Å². The Morgan fingerprint density at radius 3 is 2.32 bits per heavy atom. The first kappa shape index (κ1) is 19.3. The molecule has 1 aromatic carbocycles. The predicted molar refractivity (Wildman–Crippen MR) is 99.1 cm³/mol. The van der Waals surface area contributed by atoms with E-state index in [-0.39, 0.29) is 11.4 Å². The van der Waals surface area contributed by atoms with E-state index >= 15 is 0 Å². The molecular formula is C18H22F2N4O3S. The molecule has 1 spiro atoms. The SMILES string of the molecule is CS(=O)(=O)N1CCC2(CC1)CN(C(=O)N1N=CCC1c1cc(F)cc(F)c1)C2. The molecule has 1 aromatic rings. The van der Waals surface area contributed by atoms with Crippen LogP contribution in [-0.2, 0) is 10.0 Å². The molecule has 3 aliphatic heterocycles. The van der Waals surface area contributed by atoms with Gasteiger partial charge >= 0.3 is 6.03 Å². The van der Waals surface area contributed by atoms with Crippen LogP contribution in [0.4, 0.5) is 13.6 Å². The molecule has 2 fully saturated rings. The molecule has 10 heteroatoms. The first-order valence-electron chi connectivity index (χ1n) is 9.19. The normalized spacial score (nSPS) is 24.6. The number of sulfonamides is 1. The summed E-state index contributed by atoms with van der Waals surface area (Å²) in [5.74, 6) is -1.37. The summed E-state index contributed by atoms with van der Waals surface area (Å²) in [4.78, 5) is 14.5. The number of hydrogen-bond acceptors (Lipinski definition) is 4. The van der Waals surface area contributed by atoms with Crippen LogP contribution in [-0.4, -0.2) is 67.3 Å². The highest BCUT2D eigenvalue weighted by atomic mass is 32.2. The Kier molecular flexibility index (Phi) is 4.65. The molecule has 0 bridgehead atoms. The predicted octanol–water partition coefficient (Wildman–Crippen LogP) is 2.17. The van der Waals surface area contributed by atoms with E-state index in [1.807, 2.05) is 0 Å². The average Bonchev–Trinajstić information content (AvgIpc) is 3.07. The lowest BCUT2D eigenvalue weighted by Gasteiger charge is -2.54. The Morgan fingerprint density at radius 1 is 1.14 bits per heavy atom. The fourth-order valence-corrected chi connectivity index (χ4v) is 5.14. The van der Waals surface area contributed by atoms with Crippen molar-refractivity contribution in [3.63, 3.8) is 0 Å². The minimum atomic E-state index is -3.18. The first-order valence-corrected chi connectivity index (χ1v) is 11.0. The van der Waals surface area contributed by atoms with Crippen LogP contribution in [0.5, 0.6) is 0 Å². The fourth-order valence-electron chi connectivity index (χ4n) is 4.29. The molecule has 3 heterocycles. The van der Waals surface area contributed by atoms with Gasteiger partial charge in [-0.1, -0.05) is 0 Å². The molecule has 28 heavy (non-hydrogen) atoms. The third-order valence-corrected chi connectivity index (χ3v) is 7.17. The summed E-state index contributed by atoms with van der Waals surface area (Å²) in [6.45, 7) is 2.02.